The summed E-state index contributed by atoms with van der Waals surface area (Å²) in [5.74, 6) is 0.452. The second-order valence-corrected chi connectivity index (χ2v) is 4.43. The van der Waals surface area contributed by atoms with Crippen LogP contribution in [-0.4, -0.2) is 35.6 Å². The lowest BCUT2D eigenvalue weighted by atomic mass is 9.78. The molecular weight excluding hydrogens is 166 g/mol. The van der Waals surface area contributed by atoms with Crippen molar-refractivity contribution in [3.63, 3.8) is 0 Å². The molecule has 1 saturated heterocycles. The highest BCUT2D eigenvalue weighted by Gasteiger charge is 2.44. The van der Waals surface area contributed by atoms with Crippen LogP contribution in [0.4, 0.5) is 0 Å². The molecule has 1 aliphatic heterocycles. The normalized spacial score (nSPS) is 40.2. The van der Waals surface area contributed by atoms with Gasteiger partial charge in [-0.25, -0.2) is 0 Å². The fourth-order valence-electron chi connectivity index (χ4n) is 3.06. The van der Waals surface area contributed by atoms with Crippen molar-refractivity contribution in [2.45, 2.75) is 31.7 Å². The second kappa shape index (κ2) is 3.29. The molecule has 0 bridgehead atoms. The highest BCUT2D eigenvalue weighted by Crippen LogP contribution is 2.39. The van der Waals surface area contributed by atoms with Crippen LogP contribution in [-0.2, 0) is 4.79 Å². The molecule has 0 amide bonds. The molecule has 1 heterocycles. The summed E-state index contributed by atoms with van der Waals surface area (Å²) in [6.45, 7) is 0.988. The Labute approximate surface area is 78.7 Å². The Hall–Kier alpha value is -0.570. The zero-order chi connectivity index (χ0) is 9.42. The maximum atomic E-state index is 11.0. The molecule has 0 unspecified atom stereocenters. The molecule has 0 aromatic carbocycles. The number of rotatable bonds is 1. The van der Waals surface area contributed by atoms with Crippen LogP contribution in [0, 0.1) is 11.8 Å². The smallest absolute Gasteiger partial charge is 0.321 e. The molecule has 3 nitrogen and oxygen atoms in total. The number of fused-ring (bicyclic) bond motifs is 1. The van der Waals surface area contributed by atoms with Crippen LogP contribution in [0.3, 0.4) is 0 Å². The molecule has 2 fully saturated rings. The summed E-state index contributed by atoms with van der Waals surface area (Å²) in [6, 6.07) is -0.203. The number of aliphatic carboxylic acids is 1. The van der Waals surface area contributed by atoms with Crippen molar-refractivity contribution >= 4 is 5.97 Å². The van der Waals surface area contributed by atoms with Gasteiger partial charge in [0.05, 0.1) is 0 Å². The number of hydrogen-bond donors (Lipinski definition) is 1. The highest BCUT2D eigenvalue weighted by atomic mass is 16.4. The number of carboxylic acids is 1. The third-order valence-corrected chi connectivity index (χ3v) is 3.62. The first-order chi connectivity index (χ1) is 6.20. The van der Waals surface area contributed by atoms with E-state index in [0.717, 1.165) is 13.0 Å². The molecule has 1 N–H and O–H groups in total. The van der Waals surface area contributed by atoms with E-state index in [1.54, 1.807) is 0 Å². The van der Waals surface area contributed by atoms with Crippen LogP contribution >= 0.6 is 0 Å². The summed E-state index contributed by atoms with van der Waals surface area (Å²) >= 11 is 0. The Morgan fingerprint density at radius 3 is 2.77 bits per heavy atom. The number of nitrogens with zero attached hydrogens (tertiary/aromatic N) is 1. The zero-order valence-electron chi connectivity index (χ0n) is 8.07. The van der Waals surface area contributed by atoms with Crippen molar-refractivity contribution in [2.24, 2.45) is 11.8 Å². The van der Waals surface area contributed by atoms with Gasteiger partial charge in [0.15, 0.2) is 0 Å². The molecular formula is C10H17NO2. The first-order valence-electron chi connectivity index (χ1n) is 5.13. The second-order valence-electron chi connectivity index (χ2n) is 4.43. The van der Waals surface area contributed by atoms with Crippen molar-refractivity contribution in [1.82, 2.24) is 4.90 Å². The Morgan fingerprint density at radius 1 is 1.38 bits per heavy atom. The minimum atomic E-state index is -0.628. The first-order valence-corrected chi connectivity index (χ1v) is 5.13. The monoisotopic (exact) mass is 183 g/mol. The van der Waals surface area contributed by atoms with E-state index in [9.17, 15) is 4.79 Å². The summed E-state index contributed by atoms with van der Waals surface area (Å²) in [6.07, 6.45) is 4.87. The van der Waals surface area contributed by atoms with Crippen LogP contribution in [0.25, 0.3) is 0 Å². The Bertz CT molecular complexity index is 217. The lowest BCUT2D eigenvalue weighted by molar-refractivity contribution is -0.143. The molecule has 1 saturated carbocycles. The van der Waals surface area contributed by atoms with E-state index in [-0.39, 0.29) is 6.04 Å². The molecule has 74 valence electrons. The minimum Gasteiger partial charge on any atom is -0.480 e. The van der Waals surface area contributed by atoms with E-state index in [4.69, 9.17) is 5.11 Å². The molecule has 0 aromatic rings. The lowest BCUT2D eigenvalue weighted by Crippen LogP contribution is -2.37. The van der Waals surface area contributed by atoms with Gasteiger partial charge in [-0.05, 0) is 31.7 Å². The van der Waals surface area contributed by atoms with Crippen molar-refractivity contribution < 1.29 is 9.90 Å². The van der Waals surface area contributed by atoms with Gasteiger partial charge < -0.3 is 5.11 Å². The van der Waals surface area contributed by atoms with E-state index in [2.05, 4.69) is 0 Å². The molecule has 3 heteroatoms. The molecule has 13 heavy (non-hydrogen) atoms. The average molecular weight is 183 g/mol. The third-order valence-electron chi connectivity index (χ3n) is 3.62. The van der Waals surface area contributed by atoms with Gasteiger partial charge in [0.25, 0.3) is 0 Å². The van der Waals surface area contributed by atoms with Gasteiger partial charge in [-0.3, -0.25) is 9.69 Å². The largest absolute Gasteiger partial charge is 0.480 e. The molecule has 2 aliphatic rings. The van der Waals surface area contributed by atoms with Crippen LogP contribution < -0.4 is 0 Å². The van der Waals surface area contributed by atoms with E-state index >= 15 is 0 Å². The average Bonchev–Trinajstić information content (AvgIpc) is 2.39. The van der Waals surface area contributed by atoms with E-state index < -0.39 is 5.97 Å². The number of hydrogen-bond acceptors (Lipinski definition) is 2. The highest BCUT2D eigenvalue weighted by molar-refractivity contribution is 5.74. The Kier molecular flexibility index (Phi) is 2.28. The van der Waals surface area contributed by atoms with E-state index in [0.29, 0.717) is 11.8 Å². The number of carboxylic acid groups (broad SMARTS) is 1. The lowest BCUT2D eigenvalue weighted by Gasteiger charge is -2.26. The standard InChI is InChI=1S/C10H17NO2/c1-11-6-7-4-2-3-5-8(7)9(11)10(12)13/h7-9H,2-6H2,1H3,(H,12,13)/t7-,8+,9-/m0/s1. The third kappa shape index (κ3) is 1.46. The van der Waals surface area contributed by atoms with Crippen molar-refractivity contribution in [3.05, 3.63) is 0 Å². The summed E-state index contributed by atoms with van der Waals surface area (Å²) in [5, 5.41) is 9.08. The molecule has 3 atom stereocenters. The summed E-state index contributed by atoms with van der Waals surface area (Å²) in [7, 11) is 1.94. The minimum absolute atomic E-state index is 0.203. The topological polar surface area (TPSA) is 40.5 Å². The van der Waals surface area contributed by atoms with Crippen molar-refractivity contribution in [1.29, 1.82) is 0 Å². The van der Waals surface area contributed by atoms with Gasteiger partial charge in [-0.1, -0.05) is 12.8 Å². The van der Waals surface area contributed by atoms with Gasteiger partial charge in [-0.2, -0.15) is 0 Å². The number of likely N-dealkylation sites (tertiary alicyclic amines) is 1. The molecule has 1 aliphatic carbocycles. The fraction of sp³-hybridized carbons (Fsp3) is 0.900. The van der Waals surface area contributed by atoms with Crippen molar-refractivity contribution in [3.8, 4) is 0 Å². The first kappa shape index (κ1) is 9.00. The fourth-order valence-corrected chi connectivity index (χ4v) is 3.06. The van der Waals surface area contributed by atoms with Gasteiger partial charge in [0.2, 0.25) is 0 Å². The van der Waals surface area contributed by atoms with Gasteiger partial charge in [0.1, 0.15) is 6.04 Å². The van der Waals surface area contributed by atoms with Crippen molar-refractivity contribution in [2.75, 3.05) is 13.6 Å². The maximum absolute atomic E-state index is 11.0. The quantitative estimate of drug-likeness (QED) is 0.664. The van der Waals surface area contributed by atoms with Gasteiger partial charge in [0, 0.05) is 6.54 Å². The van der Waals surface area contributed by atoms with E-state index in [1.165, 1.54) is 19.3 Å². The van der Waals surface area contributed by atoms with Crippen LogP contribution in [0.15, 0.2) is 0 Å². The molecule has 0 radical (unpaired) electrons. The summed E-state index contributed by atoms with van der Waals surface area (Å²) < 4.78 is 0. The van der Waals surface area contributed by atoms with Gasteiger partial charge in [-0.15, -0.1) is 0 Å². The Morgan fingerprint density at radius 2 is 2.08 bits per heavy atom. The summed E-state index contributed by atoms with van der Waals surface area (Å²) in [4.78, 5) is 13.0. The molecule has 0 aromatic heterocycles. The number of carbonyl (C=O) groups is 1. The predicted octanol–water partition coefficient (Wildman–Crippen LogP) is 1.19. The maximum Gasteiger partial charge on any atom is 0.321 e. The Balaban J connectivity index is 2.13. The molecule has 0 spiro atoms. The van der Waals surface area contributed by atoms with Crippen LogP contribution in [0.5, 0.6) is 0 Å². The van der Waals surface area contributed by atoms with Crippen LogP contribution in [0.1, 0.15) is 25.7 Å². The SMILES string of the molecule is CN1C[C@@H]2CCCC[C@H]2[C@H]1C(=O)O. The number of likely N-dealkylation sites (N-methyl/N-ethyl adjacent to an activating group) is 1. The summed E-state index contributed by atoms with van der Waals surface area (Å²) in [5.41, 5.74) is 0. The molecule has 2 rings (SSSR count). The predicted molar refractivity (Wildman–Crippen MR) is 49.5 cm³/mol. The zero-order valence-corrected chi connectivity index (χ0v) is 8.07. The van der Waals surface area contributed by atoms with E-state index in [1.807, 2.05) is 11.9 Å². The van der Waals surface area contributed by atoms with Gasteiger partial charge >= 0.3 is 5.97 Å². The van der Waals surface area contributed by atoms with Crippen LogP contribution in [0.2, 0.25) is 0 Å².